The lowest BCUT2D eigenvalue weighted by Crippen LogP contribution is -2.31. The maximum atomic E-state index is 13.2. The highest BCUT2D eigenvalue weighted by Gasteiger charge is 2.49. The molecule has 1 aliphatic heterocycles. The van der Waals surface area contributed by atoms with Gasteiger partial charge in [-0.25, -0.2) is 4.98 Å². The molecule has 1 aliphatic rings. The molecule has 7 heteroatoms. The van der Waals surface area contributed by atoms with Crippen LogP contribution in [0.4, 0.5) is 0 Å². The van der Waals surface area contributed by atoms with Crippen LogP contribution in [0, 0.1) is 0 Å². The molecular formula is C24H22N4O3. The normalized spacial score (nSPS) is 18.9. The second-order valence-corrected chi connectivity index (χ2v) is 7.82. The standard InChI is InChI=1S/C24H22N4O3/c29-17-8-6-16(7-9-17)21-22(19-14-26-20-5-2-1-4-18(19)20)28(24(31)23(21)30)12-3-11-27-13-10-25-15-27/h1-2,4-10,13-15,21-22,26,29H,3,11-12H2. The summed E-state index contributed by atoms with van der Waals surface area (Å²) in [6.07, 6.45) is 7.95. The number of Topliss-reactive ketones (excluding diaryl/α,β-unsaturated/α-hetero) is 1. The fourth-order valence-electron chi connectivity index (χ4n) is 4.51. The fourth-order valence-corrected chi connectivity index (χ4v) is 4.51. The maximum Gasteiger partial charge on any atom is 0.291 e. The average molecular weight is 414 g/mol. The highest BCUT2D eigenvalue weighted by molar-refractivity contribution is 6.40. The van der Waals surface area contributed by atoms with Crippen molar-refractivity contribution in [1.29, 1.82) is 0 Å². The van der Waals surface area contributed by atoms with E-state index in [2.05, 4.69) is 9.97 Å². The van der Waals surface area contributed by atoms with Gasteiger partial charge in [-0.3, -0.25) is 9.59 Å². The number of amides is 1. The third-order valence-electron chi connectivity index (χ3n) is 5.97. The van der Waals surface area contributed by atoms with Crippen molar-refractivity contribution in [2.75, 3.05) is 6.54 Å². The monoisotopic (exact) mass is 414 g/mol. The Bertz CT molecular complexity index is 1230. The summed E-state index contributed by atoms with van der Waals surface area (Å²) in [5.41, 5.74) is 2.62. The Morgan fingerprint density at radius 2 is 1.84 bits per heavy atom. The topological polar surface area (TPSA) is 91.2 Å². The van der Waals surface area contributed by atoms with E-state index in [4.69, 9.17) is 0 Å². The van der Waals surface area contributed by atoms with Gasteiger partial charge in [0, 0.05) is 48.1 Å². The van der Waals surface area contributed by atoms with Gasteiger partial charge in [-0.15, -0.1) is 0 Å². The van der Waals surface area contributed by atoms with Gasteiger partial charge in [-0.2, -0.15) is 0 Å². The van der Waals surface area contributed by atoms with E-state index in [1.165, 1.54) is 0 Å². The van der Waals surface area contributed by atoms with Crippen LogP contribution in [0.1, 0.15) is 29.5 Å². The number of aromatic nitrogens is 3. The van der Waals surface area contributed by atoms with Gasteiger partial charge in [-0.05, 0) is 30.2 Å². The molecule has 2 aromatic heterocycles. The molecule has 0 saturated carbocycles. The number of aryl methyl sites for hydroxylation is 1. The van der Waals surface area contributed by atoms with Crippen LogP contribution >= 0.6 is 0 Å². The number of imidazole rings is 1. The highest BCUT2D eigenvalue weighted by Crippen LogP contribution is 2.45. The molecule has 0 spiro atoms. The predicted molar refractivity (Wildman–Crippen MR) is 115 cm³/mol. The van der Waals surface area contributed by atoms with Gasteiger partial charge in [0.05, 0.1) is 18.3 Å². The maximum absolute atomic E-state index is 13.2. The number of phenols is 1. The molecule has 3 heterocycles. The van der Waals surface area contributed by atoms with Crippen molar-refractivity contribution >= 4 is 22.6 Å². The number of nitrogens with one attached hydrogen (secondary N) is 1. The molecule has 0 radical (unpaired) electrons. The van der Waals surface area contributed by atoms with Crippen LogP contribution in [0.2, 0.25) is 0 Å². The zero-order valence-electron chi connectivity index (χ0n) is 16.8. The molecule has 1 amide bonds. The third-order valence-corrected chi connectivity index (χ3v) is 5.97. The number of likely N-dealkylation sites (tertiary alicyclic amines) is 1. The van der Waals surface area contributed by atoms with Crippen LogP contribution in [-0.4, -0.2) is 42.8 Å². The van der Waals surface area contributed by atoms with Crippen LogP contribution < -0.4 is 0 Å². The van der Waals surface area contributed by atoms with Gasteiger partial charge in [0.1, 0.15) is 5.75 Å². The van der Waals surface area contributed by atoms with Gasteiger partial charge >= 0.3 is 0 Å². The fraction of sp³-hybridized carbons (Fsp3) is 0.208. The molecule has 2 unspecified atom stereocenters. The number of hydrogen-bond acceptors (Lipinski definition) is 4. The quantitative estimate of drug-likeness (QED) is 0.473. The molecule has 4 aromatic rings. The van der Waals surface area contributed by atoms with Crippen LogP contribution in [0.3, 0.4) is 0 Å². The summed E-state index contributed by atoms with van der Waals surface area (Å²) >= 11 is 0. The Morgan fingerprint density at radius 3 is 2.61 bits per heavy atom. The number of aromatic amines is 1. The summed E-state index contributed by atoms with van der Waals surface area (Å²) < 4.78 is 1.96. The van der Waals surface area contributed by atoms with Crippen molar-refractivity contribution in [1.82, 2.24) is 19.4 Å². The molecule has 156 valence electrons. The number of carbonyl (C=O) groups is 2. The highest BCUT2D eigenvalue weighted by atomic mass is 16.3. The minimum Gasteiger partial charge on any atom is -0.508 e. The number of rotatable bonds is 6. The zero-order valence-corrected chi connectivity index (χ0v) is 16.8. The van der Waals surface area contributed by atoms with Gasteiger partial charge in [-0.1, -0.05) is 30.3 Å². The second kappa shape index (κ2) is 7.75. The number of carbonyl (C=O) groups excluding carboxylic acids is 2. The molecule has 31 heavy (non-hydrogen) atoms. The first-order chi connectivity index (χ1) is 15.1. The lowest BCUT2D eigenvalue weighted by Gasteiger charge is -2.27. The smallest absolute Gasteiger partial charge is 0.291 e. The largest absolute Gasteiger partial charge is 0.508 e. The minimum atomic E-state index is -0.624. The summed E-state index contributed by atoms with van der Waals surface area (Å²) in [5, 5.41) is 10.7. The van der Waals surface area contributed by atoms with Crippen LogP contribution in [0.15, 0.2) is 73.4 Å². The first kappa shape index (κ1) is 19.1. The third kappa shape index (κ3) is 3.38. The summed E-state index contributed by atoms with van der Waals surface area (Å²) in [5.74, 6) is -1.37. The van der Waals surface area contributed by atoms with Crippen molar-refractivity contribution in [3.63, 3.8) is 0 Å². The molecule has 2 aromatic carbocycles. The van der Waals surface area contributed by atoms with Crippen molar-refractivity contribution in [3.05, 3.63) is 84.6 Å². The van der Waals surface area contributed by atoms with Gasteiger partial charge in [0.2, 0.25) is 5.78 Å². The molecule has 1 fully saturated rings. The number of nitrogens with zero attached hydrogens (tertiary/aromatic N) is 3. The number of para-hydroxylation sites is 1. The van der Waals surface area contributed by atoms with Crippen LogP contribution in [0.5, 0.6) is 5.75 Å². The molecule has 1 saturated heterocycles. The molecule has 5 rings (SSSR count). The lowest BCUT2D eigenvalue weighted by molar-refractivity contribution is -0.140. The molecular weight excluding hydrogens is 392 g/mol. The van der Waals surface area contributed by atoms with E-state index in [1.54, 1.807) is 41.7 Å². The number of ketones is 1. The van der Waals surface area contributed by atoms with Crippen molar-refractivity contribution < 1.29 is 14.7 Å². The Hall–Kier alpha value is -3.87. The van der Waals surface area contributed by atoms with Crippen LogP contribution in [0.25, 0.3) is 10.9 Å². The number of aromatic hydroxyl groups is 1. The Labute approximate surface area is 179 Å². The van der Waals surface area contributed by atoms with E-state index >= 15 is 0 Å². The predicted octanol–water partition coefficient (Wildman–Crippen LogP) is 3.40. The molecule has 2 N–H and O–H groups in total. The SMILES string of the molecule is O=C1C(=O)N(CCCn2ccnc2)C(c2c[nH]c3ccccc23)C1c1ccc(O)cc1. The van der Waals surface area contributed by atoms with E-state index in [1.807, 2.05) is 41.2 Å². The van der Waals surface area contributed by atoms with Crippen molar-refractivity contribution in [2.45, 2.75) is 24.9 Å². The number of fused-ring (bicyclic) bond motifs is 1. The summed E-state index contributed by atoms with van der Waals surface area (Å²) in [7, 11) is 0. The minimum absolute atomic E-state index is 0.126. The zero-order chi connectivity index (χ0) is 21.4. The Balaban J connectivity index is 1.54. The van der Waals surface area contributed by atoms with Crippen molar-refractivity contribution in [2.24, 2.45) is 0 Å². The first-order valence-corrected chi connectivity index (χ1v) is 10.3. The molecule has 2 atom stereocenters. The summed E-state index contributed by atoms with van der Waals surface area (Å²) in [6, 6.07) is 14.0. The lowest BCUT2D eigenvalue weighted by atomic mass is 9.86. The van der Waals surface area contributed by atoms with Gasteiger partial charge in [0.25, 0.3) is 5.91 Å². The van der Waals surface area contributed by atoms with E-state index in [0.717, 1.165) is 22.0 Å². The number of phenolic OH excluding ortho intramolecular Hbond substituents is 1. The van der Waals surface area contributed by atoms with Gasteiger partial charge < -0.3 is 19.6 Å². The summed E-state index contributed by atoms with van der Waals surface area (Å²) in [6.45, 7) is 1.17. The summed E-state index contributed by atoms with van der Waals surface area (Å²) in [4.78, 5) is 35.3. The first-order valence-electron chi connectivity index (χ1n) is 10.3. The van der Waals surface area contributed by atoms with E-state index in [-0.39, 0.29) is 5.75 Å². The Kier molecular flexibility index (Phi) is 4.78. The number of benzene rings is 2. The van der Waals surface area contributed by atoms with Crippen molar-refractivity contribution in [3.8, 4) is 5.75 Å². The molecule has 7 nitrogen and oxygen atoms in total. The second-order valence-electron chi connectivity index (χ2n) is 7.82. The Morgan fingerprint density at radius 1 is 1.03 bits per heavy atom. The van der Waals surface area contributed by atoms with Crippen LogP contribution in [-0.2, 0) is 16.1 Å². The van der Waals surface area contributed by atoms with E-state index in [0.29, 0.717) is 19.5 Å². The molecule has 0 aliphatic carbocycles. The molecule has 0 bridgehead atoms. The van der Waals surface area contributed by atoms with Gasteiger partial charge in [0.15, 0.2) is 0 Å². The average Bonchev–Trinajstić information content (AvgIpc) is 3.50. The van der Waals surface area contributed by atoms with E-state index in [9.17, 15) is 14.7 Å². The number of H-pyrrole nitrogens is 1. The van der Waals surface area contributed by atoms with E-state index < -0.39 is 23.7 Å². The number of hydrogen-bond donors (Lipinski definition) is 2.